The molecule has 0 N–H and O–H groups in total. The summed E-state index contributed by atoms with van der Waals surface area (Å²) in [5.74, 6) is 0.824. The van der Waals surface area contributed by atoms with E-state index >= 15 is 0 Å². The molecule has 1 atom stereocenters. The van der Waals surface area contributed by atoms with Gasteiger partial charge in [-0.25, -0.2) is 0 Å². The van der Waals surface area contributed by atoms with E-state index in [0.29, 0.717) is 19.3 Å². The summed E-state index contributed by atoms with van der Waals surface area (Å²) >= 11 is 0. The summed E-state index contributed by atoms with van der Waals surface area (Å²) in [6.45, 7) is 11.3. The molecule has 0 rings (SSSR count). The van der Waals surface area contributed by atoms with Crippen molar-refractivity contribution in [3.63, 3.8) is 0 Å². The van der Waals surface area contributed by atoms with E-state index in [1.807, 2.05) is 0 Å². The Morgan fingerprint density at radius 2 is 0.569 bits per heavy atom. The average molecular weight is 821 g/mol. The Morgan fingerprint density at radius 3 is 0.845 bits per heavy atom. The molecule has 0 radical (unpaired) electrons. The lowest BCUT2D eigenvalue weighted by atomic mass is 10.0. The van der Waals surface area contributed by atoms with Crippen LogP contribution in [0.25, 0.3) is 0 Å². The van der Waals surface area contributed by atoms with Crippen molar-refractivity contribution in [2.75, 3.05) is 13.2 Å². The molecule has 6 heteroatoms. The molecule has 58 heavy (non-hydrogen) atoms. The van der Waals surface area contributed by atoms with Gasteiger partial charge < -0.3 is 14.2 Å². The lowest BCUT2D eigenvalue weighted by molar-refractivity contribution is -0.167. The highest BCUT2D eigenvalue weighted by molar-refractivity contribution is 5.71. The number of rotatable bonds is 46. The fourth-order valence-electron chi connectivity index (χ4n) is 7.81. The molecule has 0 aliphatic carbocycles. The lowest BCUT2D eigenvalue weighted by Gasteiger charge is -2.18. The predicted octanol–water partition coefficient (Wildman–Crippen LogP) is 16.5. The summed E-state index contributed by atoms with van der Waals surface area (Å²) in [6.07, 6.45) is 45.3. The second-order valence-corrected chi connectivity index (χ2v) is 18.8. The highest BCUT2D eigenvalue weighted by Crippen LogP contribution is 2.17. The number of carbonyl (C=O) groups excluding carboxylic acids is 3. The summed E-state index contributed by atoms with van der Waals surface area (Å²) in [7, 11) is 0. The maximum atomic E-state index is 12.7. The van der Waals surface area contributed by atoms with Gasteiger partial charge in [-0.15, -0.1) is 0 Å². The topological polar surface area (TPSA) is 78.9 Å². The monoisotopic (exact) mass is 821 g/mol. The predicted molar refractivity (Wildman–Crippen MR) is 247 cm³/mol. The molecule has 0 aliphatic rings. The van der Waals surface area contributed by atoms with Crippen LogP contribution in [-0.2, 0) is 28.6 Å². The highest BCUT2D eigenvalue weighted by atomic mass is 16.6. The standard InChI is InChI=1S/C52H100O6/c1-6-7-8-9-25-34-39-44-52(55)58-49(46-57-51(54)43-38-33-29-24-20-16-18-22-27-31-36-41-48(4)5)45-56-50(53)42-37-32-28-23-19-15-13-11-10-12-14-17-21-26-30-35-40-47(2)3/h47-49H,6-46H2,1-5H3/t49-/m0/s1. The van der Waals surface area contributed by atoms with Crippen molar-refractivity contribution in [3.8, 4) is 0 Å². The van der Waals surface area contributed by atoms with Crippen LogP contribution in [-0.4, -0.2) is 37.2 Å². The summed E-state index contributed by atoms with van der Waals surface area (Å²) in [6, 6.07) is 0. The van der Waals surface area contributed by atoms with Gasteiger partial charge in [-0.2, -0.15) is 0 Å². The Morgan fingerprint density at radius 1 is 0.328 bits per heavy atom. The van der Waals surface area contributed by atoms with E-state index in [1.165, 1.54) is 173 Å². The number of hydrogen-bond acceptors (Lipinski definition) is 6. The largest absolute Gasteiger partial charge is 0.462 e. The first-order chi connectivity index (χ1) is 28.2. The van der Waals surface area contributed by atoms with Crippen molar-refractivity contribution in [2.24, 2.45) is 11.8 Å². The van der Waals surface area contributed by atoms with E-state index in [1.54, 1.807) is 0 Å². The Bertz CT molecular complexity index is 885. The Hall–Kier alpha value is -1.59. The Labute approximate surface area is 361 Å². The van der Waals surface area contributed by atoms with Gasteiger partial charge in [-0.1, -0.05) is 247 Å². The van der Waals surface area contributed by atoms with E-state index in [9.17, 15) is 14.4 Å². The van der Waals surface area contributed by atoms with Crippen molar-refractivity contribution in [2.45, 2.75) is 291 Å². The summed E-state index contributed by atoms with van der Waals surface area (Å²) in [5.41, 5.74) is 0. The second kappa shape index (κ2) is 44.9. The number of esters is 3. The van der Waals surface area contributed by atoms with E-state index in [4.69, 9.17) is 14.2 Å². The van der Waals surface area contributed by atoms with Crippen LogP contribution >= 0.6 is 0 Å². The number of unbranched alkanes of at least 4 members (excludes halogenated alkanes) is 31. The van der Waals surface area contributed by atoms with Crippen LogP contribution in [0.15, 0.2) is 0 Å². The summed E-state index contributed by atoms with van der Waals surface area (Å²) < 4.78 is 16.7. The SMILES string of the molecule is CCCCCCCCCC(=O)O[C@@H](COC(=O)CCCCCCCCCCCCCCCCCCC(C)C)COC(=O)CCCCCCCCCCCCCC(C)C. The van der Waals surface area contributed by atoms with Crippen LogP contribution in [0.2, 0.25) is 0 Å². The molecular weight excluding hydrogens is 721 g/mol. The summed E-state index contributed by atoms with van der Waals surface area (Å²) in [5, 5.41) is 0. The molecule has 0 heterocycles. The van der Waals surface area contributed by atoms with E-state index < -0.39 is 6.10 Å². The first-order valence-corrected chi connectivity index (χ1v) is 25.7. The van der Waals surface area contributed by atoms with Gasteiger partial charge in [-0.05, 0) is 31.1 Å². The van der Waals surface area contributed by atoms with Crippen molar-refractivity contribution >= 4 is 17.9 Å². The molecule has 0 amide bonds. The zero-order valence-electron chi connectivity index (χ0n) is 39.7. The third-order valence-electron chi connectivity index (χ3n) is 11.7. The highest BCUT2D eigenvalue weighted by Gasteiger charge is 2.19. The maximum absolute atomic E-state index is 12.7. The Kier molecular flexibility index (Phi) is 43.7. The van der Waals surface area contributed by atoms with Gasteiger partial charge in [0.05, 0.1) is 0 Å². The molecule has 0 fully saturated rings. The van der Waals surface area contributed by atoms with Gasteiger partial charge in [0.25, 0.3) is 0 Å². The number of ether oxygens (including phenoxy) is 3. The molecule has 6 nitrogen and oxygen atoms in total. The van der Waals surface area contributed by atoms with Gasteiger partial charge in [0, 0.05) is 19.3 Å². The zero-order chi connectivity index (χ0) is 42.6. The van der Waals surface area contributed by atoms with E-state index in [2.05, 4.69) is 34.6 Å². The van der Waals surface area contributed by atoms with E-state index in [0.717, 1.165) is 69.6 Å². The molecule has 0 spiro atoms. The summed E-state index contributed by atoms with van der Waals surface area (Å²) in [4.78, 5) is 37.8. The van der Waals surface area contributed by atoms with Crippen LogP contribution in [0.4, 0.5) is 0 Å². The van der Waals surface area contributed by atoms with Gasteiger partial charge in [0.1, 0.15) is 13.2 Å². The molecular formula is C52H100O6. The van der Waals surface area contributed by atoms with Gasteiger partial charge in [-0.3, -0.25) is 14.4 Å². The first kappa shape index (κ1) is 56.4. The molecule has 0 saturated carbocycles. The maximum Gasteiger partial charge on any atom is 0.306 e. The second-order valence-electron chi connectivity index (χ2n) is 18.8. The number of carbonyl (C=O) groups is 3. The number of hydrogen-bond donors (Lipinski definition) is 0. The first-order valence-electron chi connectivity index (χ1n) is 25.7. The minimum atomic E-state index is -0.760. The van der Waals surface area contributed by atoms with Gasteiger partial charge in [0.15, 0.2) is 6.10 Å². The van der Waals surface area contributed by atoms with Crippen LogP contribution in [0, 0.1) is 11.8 Å². The van der Waals surface area contributed by atoms with Gasteiger partial charge in [0.2, 0.25) is 0 Å². The molecule has 0 bridgehead atoms. The molecule has 0 aromatic rings. The van der Waals surface area contributed by atoms with Gasteiger partial charge >= 0.3 is 17.9 Å². The molecule has 0 aromatic carbocycles. The third-order valence-corrected chi connectivity index (χ3v) is 11.7. The van der Waals surface area contributed by atoms with Crippen LogP contribution in [0.1, 0.15) is 285 Å². The quantitative estimate of drug-likeness (QED) is 0.0346. The minimum Gasteiger partial charge on any atom is -0.462 e. The van der Waals surface area contributed by atoms with Crippen molar-refractivity contribution < 1.29 is 28.6 Å². The third kappa shape index (κ3) is 45.5. The van der Waals surface area contributed by atoms with Crippen LogP contribution < -0.4 is 0 Å². The fraction of sp³-hybridized carbons (Fsp3) is 0.942. The normalized spacial score (nSPS) is 12.1. The minimum absolute atomic E-state index is 0.0642. The molecule has 344 valence electrons. The van der Waals surface area contributed by atoms with Crippen molar-refractivity contribution in [1.29, 1.82) is 0 Å². The molecule has 0 aromatic heterocycles. The van der Waals surface area contributed by atoms with E-state index in [-0.39, 0.29) is 31.1 Å². The zero-order valence-corrected chi connectivity index (χ0v) is 39.7. The van der Waals surface area contributed by atoms with Crippen LogP contribution in [0.5, 0.6) is 0 Å². The molecule has 0 aliphatic heterocycles. The molecule has 0 unspecified atom stereocenters. The fourth-order valence-corrected chi connectivity index (χ4v) is 7.81. The van der Waals surface area contributed by atoms with Crippen molar-refractivity contribution in [3.05, 3.63) is 0 Å². The lowest BCUT2D eigenvalue weighted by Crippen LogP contribution is -2.30. The Balaban J connectivity index is 4.14. The smallest absolute Gasteiger partial charge is 0.306 e. The van der Waals surface area contributed by atoms with Crippen molar-refractivity contribution in [1.82, 2.24) is 0 Å². The average Bonchev–Trinajstić information content (AvgIpc) is 3.19. The van der Waals surface area contributed by atoms with Crippen LogP contribution in [0.3, 0.4) is 0 Å². The molecule has 0 saturated heterocycles.